The summed E-state index contributed by atoms with van der Waals surface area (Å²) < 4.78 is 167. The summed E-state index contributed by atoms with van der Waals surface area (Å²) in [6, 6.07) is -0.551. The van der Waals surface area contributed by atoms with Gasteiger partial charge in [0.25, 0.3) is 40.8 Å². The van der Waals surface area contributed by atoms with E-state index in [1.165, 1.54) is 67.2 Å². The molecule has 25 aliphatic rings. The number of nitrogens with two attached hydrogens (primary N) is 6. The first-order chi connectivity index (χ1) is 64.0. The average molecular weight is 2020 g/mol. The molecule has 14 saturated carbocycles. The monoisotopic (exact) mass is 2020 g/mol. The van der Waals surface area contributed by atoms with Crippen molar-refractivity contribution < 1.29 is 111 Å². The Bertz CT molecular complexity index is 5130. The smallest absolute Gasteiger partial charge is 0.457 e. The van der Waals surface area contributed by atoms with Crippen LogP contribution in [0.3, 0.4) is 0 Å². The van der Waals surface area contributed by atoms with Gasteiger partial charge >= 0.3 is 52.4 Å². The van der Waals surface area contributed by atoms with E-state index in [-0.39, 0.29) is 180 Å². The number of hydrogen-bond donors (Lipinski definition) is 10. The molecule has 46 heteroatoms. The highest BCUT2D eigenvalue weighted by Gasteiger charge is 2.73. The SMILES string of the molecule is CC(N(C)S(=O)(=O)N1C[C@H](CCCB2O[C@H]3C[C@H]4C[C@H](C4(C)C)[C@@]3(C)O2)[C@](N)(C(=O)O)C1)C1(N)CC1.CC1(C)[C@H]2C[C@@H]3OB(CCC[C@H]4CN(S(=O)(=O)N5CC(N)C5)C[C@@]4(N)C(=O)O)O[C@]3(C)[C@@H]1C2.CC1(C)[C@H]2C[C@@H]3OB(CCC[C@H]4CN(S(=O)(=O)N5CC6(CCC6)C5)C[C@@]4(N)C(=O)O)O[C@]3(C)[C@@H]1C2.CC1(C)[C@H]2C[C@@H]3OB(CCC[C@H]4CN(S(=O)(=O)N5CCCCC5)C[C@@]4(N)C(=O)O)O[C@]3(C)[C@@H]1C2. The maximum Gasteiger partial charge on any atom is 0.457 e. The first-order valence-corrected chi connectivity index (χ1v) is 57.6. The number of carboxylic acid groups (broad SMARTS) is 4. The Morgan fingerprint density at radius 1 is 0.370 bits per heavy atom. The fourth-order valence-corrected chi connectivity index (χ4v) is 37.8. The molecular weight excluding hydrogens is 1860 g/mol. The lowest BCUT2D eigenvalue weighted by atomic mass is 9.43. The van der Waals surface area contributed by atoms with E-state index in [4.69, 9.17) is 71.6 Å². The Hall–Kier alpha value is -2.94. The van der Waals surface area contributed by atoms with Crippen molar-refractivity contribution in [3.05, 3.63) is 0 Å². The molecule has 25 rings (SSSR count). The summed E-state index contributed by atoms with van der Waals surface area (Å²) in [5.41, 5.74) is 30.7. The van der Waals surface area contributed by atoms with E-state index in [0.717, 1.165) is 77.0 Å². The zero-order valence-electron chi connectivity index (χ0n) is 84.0. The fraction of sp³-hybridized carbons (Fsp3) is 0.957. The normalized spacial score (nSPS) is 42.8. The highest BCUT2D eigenvalue weighted by Crippen LogP contribution is 2.70. The minimum Gasteiger partial charge on any atom is -0.480 e. The lowest BCUT2D eigenvalue weighted by molar-refractivity contribution is -0.199. The summed E-state index contributed by atoms with van der Waals surface area (Å²) in [4.78, 5) is 48.4. The standard InChI is InChI=1S/C24H43BN4O6S.C24H40BN3O6S.C23H40BN3O6S.C21H37BN4O6S/c1-15(23(26)8-9-23)28(5)36(32,33)29-13-16(24(27,14-29)20(30)31)7-6-10-25-34-19-12-17-11-18(21(17,2)3)22(19,4)35-25;1-21(2)17-10-18(21)22(3)19(11-17)33-25(34-22)9-4-6-16-12-27(15-24(16,26)20(29)30)35(31,32)28-13-23(14-28)7-5-8-23;1-21(2)17-12-18(21)22(3)19(13-17)32-24(33-22)9-7-8-16-14-27(15-23(16,25)20(28)29)34(30,31)26-10-5-4-6-11-26;1-19(2)14-7-16(19)20(3)17(8-14)31-22(32-20)6-4-5-13-9-26(12-21(13,24)18(27)28)33(29,30)25-10-15(23)11-25/h15-19H,6-14,26-27H2,1-5H3,(H,30,31);16-19H,4-15,26H2,1-3H3,(H,29,30);16-19H,4-15,25H2,1-3H3,(H,28,29);13-17H,4-12,23-24H2,1-3H3,(H,27,28)/t15?,16-,17+,18+,19-,22+,24-;16-,17+,18+,19-,22+,24-;16-,17+,18+,19-,22+,23-;13-,14+,16+,17-,20+,21-/m0000/s1. The van der Waals surface area contributed by atoms with E-state index < -0.39 is 116 Å². The number of rotatable bonds is 30. The summed E-state index contributed by atoms with van der Waals surface area (Å²) in [6.45, 7) is 31.4. The molecule has 1 unspecified atom stereocenters. The topological polar surface area (TPSA) is 542 Å². The third-order valence-corrected chi connectivity index (χ3v) is 49.1. The summed E-state index contributed by atoms with van der Waals surface area (Å²) in [7, 11) is -14.7. The van der Waals surface area contributed by atoms with Gasteiger partial charge in [-0.25, -0.2) is 0 Å². The Balaban J connectivity index is 0.000000122. The molecule has 778 valence electrons. The molecule has 0 aromatic heterocycles. The zero-order valence-corrected chi connectivity index (χ0v) is 87.3. The number of carbonyl (C=O) groups is 4. The molecule has 38 nitrogen and oxygen atoms in total. The minimum atomic E-state index is -3.90. The minimum absolute atomic E-state index is 0.0738. The van der Waals surface area contributed by atoms with Gasteiger partial charge in [-0.3, -0.25) is 19.2 Å². The highest BCUT2D eigenvalue weighted by atomic mass is 32.2. The number of carboxylic acids is 4. The highest BCUT2D eigenvalue weighted by molar-refractivity contribution is 7.87. The van der Waals surface area contributed by atoms with Crippen molar-refractivity contribution in [1.82, 2.24) is 34.4 Å². The van der Waals surface area contributed by atoms with Crippen LogP contribution in [0.5, 0.6) is 0 Å². The third-order valence-electron chi connectivity index (χ3n) is 41.4. The predicted octanol–water partition coefficient (Wildman–Crippen LogP) is 5.24. The molecule has 11 aliphatic heterocycles. The van der Waals surface area contributed by atoms with Gasteiger partial charge in [-0.2, -0.15) is 68.1 Å². The zero-order chi connectivity index (χ0) is 100.0. The lowest BCUT2D eigenvalue weighted by Gasteiger charge is -2.64. The number of piperidine rings is 1. The second-order valence-corrected chi connectivity index (χ2v) is 58.0. The average Bonchev–Trinajstić information content (AvgIpc) is 1.48. The molecule has 11 saturated heterocycles. The van der Waals surface area contributed by atoms with Crippen molar-refractivity contribution in [2.24, 2.45) is 132 Å². The molecule has 8 bridgehead atoms. The van der Waals surface area contributed by atoms with Crippen LogP contribution in [0.15, 0.2) is 0 Å². The lowest BCUT2D eigenvalue weighted by Crippen LogP contribution is -2.65. The van der Waals surface area contributed by atoms with Gasteiger partial charge in [-0.05, 0) is 250 Å². The first kappa shape index (κ1) is 105. The van der Waals surface area contributed by atoms with Crippen LogP contribution in [0.1, 0.15) is 244 Å². The molecule has 138 heavy (non-hydrogen) atoms. The van der Waals surface area contributed by atoms with E-state index in [2.05, 4.69) is 83.1 Å². The molecule has 25 atom stereocenters. The van der Waals surface area contributed by atoms with Crippen molar-refractivity contribution in [3.8, 4) is 0 Å². The van der Waals surface area contributed by atoms with Crippen molar-refractivity contribution in [1.29, 1.82) is 0 Å². The summed E-state index contributed by atoms with van der Waals surface area (Å²) >= 11 is 0. The maximum absolute atomic E-state index is 13.4. The molecule has 0 aromatic rings. The van der Waals surface area contributed by atoms with E-state index in [9.17, 15) is 73.3 Å². The quantitative estimate of drug-likeness (QED) is 0.0411. The Kier molecular flexibility index (Phi) is 27.3. The second-order valence-electron chi connectivity index (χ2n) is 50.3. The number of likely N-dealkylation sites (N-methyl/N-ethyl adjacent to an activating group) is 1. The van der Waals surface area contributed by atoms with Crippen LogP contribution in [0.2, 0.25) is 25.3 Å². The largest absolute Gasteiger partial charge is 0.480 e. The van der Waals surface area contributed by atoms with Crippen LogP contribution in [-0.2, 0) is 97.3 Å². The van der Waals surface area contributed by atoms with Gasteiger partial charge in [0, 0.05) is 140 Å². The van der Waals surface area contributed by atoms with Crippen molar-refractivity contribution in [2.45, 2.75) is 356 Å². The van der Waals surface area contributed by atoms with Gasteiger partial charge in [0.1, 0.15) is 22.2 Å². The van der Waals surface area contributed by atoms with E-state index in [0.29, 0.717) is 150 Å². The Morgan fingerprint density at radius 2 is 0.645 bits per heavy atom. The van der Waals surface area contributed by atoms with Gasteiger partial charge in [-0.15, -0.1) is 0 Å². The predicted molar refractivity (Wildman–Crippen MR) is 517 cm³/mol. The van der Waals surface area contributed by atoms with Crippen LogP contribution >= 0.6 is 0 Å². The summed E-state index contributed by atoms with van der Waals surface area (Å²) in [5, 5.41) is 39.6. The molecule has 1 spiro atoms. The molecule has 0 radical (unpaired) electrons. The Morgan fingerprint density at radius 3 is 0.906 bits per heavy atom. The summed E-state index contributed by atoms with van der Waals surface area (Å²) in [5.74, 6) is -1.76. The second kappa shape index (κ2) is 35.9. The van der Waals surface area contributed by atoms with Crippen LogP contribution in [0.4, 0.5) is 0 Å². The van der Waals surface area contributed by atoms with Crippen molar-refractivity contribution in [3.63, 3.8) is 0 Å². The molecule has 11 heterocycles. The van der Waals surface area contributed by atoms with Gasteiger partial charge in [0.05, 0.1) is 46.8 Å². The van der Waals surface area contributed by atoms with Gasteiger partial charge in [-0.1, -0.05) is 93.9 Å². The molecule has 25 fully saturated rings. The third kappa shape index (κ3) is 17.3. The summed E-state index contributed by atoms with van der Waals surface area (Å²) in [6.07, 6.45) is 24.3. The van der Waals surface area contributed by atoms with Crippen LogP contribution < -0.4 is 34.4 Å². The maximum atomic E-state index is 13.4. The molecule has 16 N–H and O–H groups in total. The van der Waals surface area contributed by atoms with Crippen molar-refractivity contribution in [2.75, 3.05) is 98.7 Å². The van der Waals surface area contributed by atoms with Crippen molar-refractivity contribution >= 4 is 93.2 Å². The number of nitrogens with zero attached hydrogens (tertiary/aromatic N) is 8. The van der Waals surface area contributed by atoms with Crippen LogP contribution in [0, 0.1) is 98.1 Å². The van der Waals surface area contributed by atoms with E-state index in [1.807, 2.05) is 0 Å². The van der Waals surface area contributed by atoms with Gasteiger partial charge < -0.3 is 92.1 Å². The molecule has 14 aliphatic carbocycles. The van der Waals surface area contributed by atoms with Gasteiger partial charge in [0.15, 0.2) is 0 Å². The fourth-order valence-electron chi connectivity index (χ4n) is 30.5. The van der Waals surface area contributed by atoms with E-state index >= 15 is 0 Å². The molecule has 0 aromatic carbocycles. The van der Waals surface area contributed by atoms with E-state index in [1.54, 1.807) is 6.92 Å². The molecular formula is C92H160B4N14O24S4. The number of hydrogen-bond acceptors (Lipinski definition) is 26. The van der Waals surface area contributed by atoms with Crippen LogP contribution in [0.25, 0.3) is 0 Å². The first-order valence-electron chi connectivity index (χ1n) is 52.0. The van der Waals surface area contributed by atoms with Crippen LogP contribution in [-0.4, -0.2) is 326 Å². The Labute approximate surface area is 820 Å². The molecule has 0 amide bonds. The van der Waals surface area contributed by atoms with Gasteiger partial charge in [0.2, 0.25) is 0 Å². The number of aliphatic carboxylic acids is 4.